The molecule has 4 heteroatoms. The number of thioether (sulfide) groups is 1. The first-order valence-corrected chi connectivity index (χ1v) is 5.40. The van der Waals surface area contributed by atoms with Crippen molar-refractivity contribution in [1.29, 1.82) is 0 Å². The van der Waals surface area contributed by atoms with E-state index in [1.54, 1.807) is 11.8 Å². The van der Waals surface area contributed by atoms with Gasteiger partial charge in [0.15, 0.2) is 0 Å². The van der Waals surface area contributed by atoms with Crippen LogP contribution in [0.5, 0.6) is 0 Å². The van der Waals surface area contributed by atoms with E-state index in [0.29, 0.717) is 6.54 Å². The molecule has 3 nitrogen and oxygen atoms in total. The Labute approximate surface area is 88.1 Å². The Morgan fingerprint density at radius 1 is 1.50 bits per heavy atom. The van der Waals surface area contributed by atoms with Crippen molar-refractivity contribution in [3.05, 3.63) is 24.3 Å². The van der Waals surface area contributed by atoms with Gasteiger partial charge in [0.05, 0.1) is 0 Å². The summed E-state index contributed by atoms with van der Waals surface area (Å²) < 4.78 is 0. The number of nitrogens with one attached hydrogen (secondary N) is 1. The second-order valence-electron chi connectivity index (χ2n) is 2.87. The number of amides is 1. The summed E-state index contributed by atoms with van der Waals surface area (Å²) in [6, 6.07) is 7.72. The summed E-state index contributed by atoms with van der Waals surface area (Å²) in [5.74, 6) is 0.847. The molecule has 0 aliphatic heterocycles. The minimum atomic E-state index is 0.00614. The normalized spacial score (nSPS) is 9.79. The van der Waals surface area contributed by atoms with Gasteiger partial charge in [0.25, 0.3) is 0 Å². The topological polar surface area (TPSA) is 55.1 Å². The molecule has 1 amide bonds. The predicted octanol–water partition coefficient (Wildman–Crippen LogP) is 1.50. The van der Waals surface area contributed by atoms with E-state index in [9.17, 15) is 4.79 Å². The maximum absolute atomic E-state index is 10.6. The summed E-state index contributed by atoms with van der Waals surface area (Å²) in [5, 5.41) is 2.73. The van der Waals surface area contributed by atoms with Crippen molar-refractivity contribution in [3.8, 4) is 0 Å². The Morgan fingerprint density at radius 3 is 2.86 bits per heavy atom. The second-order valence-corrected chi connectivity index (χ2v) is 4.01. The number of hydrogen-bond donors (Lipinski definition) is 2. The fraction of sp³-hybridized carbons (Fsp3) is 0.300. The molecule has 1 aromatic rings. The standard InChI is InChI=1S/C10H14N2OS/c1-8(13)12-6-7-14-10-5-3-2-4-9(10)11/h2-5H,6-7,11H2,1H3,(H,12,13). The number of benzene rings is 1. The minimum Gasteiger partial charge on any atom is -0.398 e. The Hall–Kier alpha value is -1.16. The Kier molecular flexibility index (Phi) is 4.32. The zero-order chi connectivity index (χ0) is 10.4. The van der Waals surface area contributed by atoms with Gasteiger partial charge in [-0.2, -0.15) is 0 Å². The second kappa shape index (κ2) is 5.54. The molecule has 0 unspecified atom stereocenters. The highest BCUT2D eigenvalue weighted by molar-refractivity contribution is 7.99. The van der Waals surface area contributed by atoms with E-state index in [0.717, 1.165) is 16.3 Å². The highest BCUT2D eigenvalue weighted by Gasteiger charge is 1.97. The number of anilines is 1. The van der Waals surface area contributed by atoms with Crippen LogP contribution >= 0.6 is 11.8 Å². The van der Waals surface area contributed by atoms with Crippen molar-refractivity contribution >= 4 is 23.4 Å². The first-order valence-electron chi connectivity index (χ1n) is 4.42. The van der Waals surface area contributed by atoms with E-state index in [-0.39, 0.29) is 5.91 Å². The molecule has 0 bridgehead atoms. The van der Waals surface area contributed by atoms with Gasteiger partial charge in [-0.3, -0.25) is 4.79 Å². The van der Waals surface area contributed by atoms with Gasteiger partial charge < -0.3 is 11.1 Å². The quantitative estimate of drug-likeness (QED) is 0.450. The summed E-state index contributed by atoms with van der Waals surface area (Å²) in [6.45, 7) is 2.19. The molecule has 1 aromatic carbocycles. The van der Waals surface area contributed by atoms with Crippen LogP contribution in [0.4, 0.5) is 5.69 Å². The number of nitrogen functional groups attached to an aromatic ring is 1. The fourth-order valence-electron chi connectivity index (χ4n) is 1.00. The van der Waals surface area contributed by atoms with Crippen LogP contribution in [0, 0.1) is 0 Å². The Balaban J connectivity index is 2.31. The molecule has 0 atom stereocenters. The lowest BCUT2D eigenvalue weighted by Crippen LogP contribution is -2.22. The molecular weight excluding hydrogens is 196 g/mol. The molecule has 0 saturated carbocycles. The Morgan fingerprint density at radius 2 is 2.21 bits per heavy atom. The van der Waals surface area contributed by atoms with E-state index in [2.05, 4.69) is 5.32 Å². The van der Waals surface area contributed by atoms with E-state index in [4.69, 9.17) is 5.73 Å². The molecule has 3 N–H and O–H groups in total. The molecular formula is C10H14N2OS. The average Bonchev–Trinajstić information content (AvgIpc) is 2.15. The van der Waals surface area contributed by atoms with Crippen molar-refractivity contribution in [1.82, 2.24) is 5.32 Å². The van der Waals surface area contributed by atoms with Gasteiger partial charge >= 0.3 is 0 Å². The summed E-state index contributed by atoms with van der Waals surface area (Å²) in [5.41, 5.74) is 6.55. The molecule has 0 aromatic heterocycles. The number of carbonyl (C=O) groups excluding carboxylic acids is 1. The van der Waals surface area contributed by atoms with Crippen LogP contribution in [0.25, 0.3) is 0 Å². The molecule has 0 aliphatic rings. The third-order valence-corrected chi connectivity index (χ3v) is 2.74. The number of nitrogens with two attached hydrogens (primary N) is 1. The summed E-state index contributed by atoms with van der Waals surface area (Å²) in [6.07, 6.45) is 0. The van der Waals surface area contributed by atoms with Gasteiger partial charge in [0.2, 0.25) is 5.91 Å². The lowest BCUT2D eigenvalue weighted by molar-refractivity contribution is -0.118. The molecule has 0 heterocycles. The highest BCUT2D eigenvalue weighted by atomic mass is 32.2. The maximum atomic E-state index is 10.6. The van der Waals surface area contributed by atoms with Crippen molar-refractivity contribution < 1.29 is 4.79 Å². The van der Waals surface area contributed by atoms with Crippen LogP contribution in [-0.2, 0) is 4.79 Å². The van der Waals surface area contributed by atoms with E-state index in [1.165, 1.54) is 6.92 Å². The highest BCUT2D eigenvalue weighted by Crippen LogP contribution is 2.23. The fourth-order valence-corrected chi connectivity index (χ4v) is 1.83. The van der Waals surface area contributed by atoms with Crippen LogP contribution < -0.4 is 11.1 Å². The summed E-state index contributed by atoms with van der Waals surface area (Å²) >= 11 is 1.65. The first-order chi connectivity index (χ1) is 6.70. The van der Waals surface area contributed by atoms with E-state index >= 15 is 0 Å². The molecule has 0 fully saturated rings. The van der Waals surface area contributed by atoms with Gasteiger partial charge in [-0.15, -0.1) is 11.8 Å². The smallest absolute Gasteiger partial charge is 0.216 e. The third kappa shape index (κ3) is 3.70. The van der Waals surface area contributed by atoms with Crippen LogP contribution in [0.15, 0.2) is 29.2 Å². The molecule has 0 aliphatic carbocycles. The zero-order valence-corrected chi connectivity index (χ0v) is 8.93. The van der Waals surface area contributed by atoms with E-state index < -0.39 is 0 Å². The molecule has 76 valence electrons. The molecule has 0 radical (unpaired) electrons. The van der Waals surface area contributed by atoms with Crippen LogP contribution in [-0.4, -0.2) is 18.2 Å². The largest absolute Gasteiger partial charge is 0.398 e. The SMILES string of the molecule is CC(=O)NCCSc1ccccc1N. The lowest BCUT2D eigenvalue weighted by atomic mass is 10.3. The number of hydrogen-bond acceptors (Lipinski definition) is 3. The van der Waals surface area contributed by atoms with Gasteiger partial charge in [-0.25, -0.2) is 0 Å². The maximum Gasteiger partial charge on any atom is 0.216 e. The number of carbonyl (C=O) groups is 1. The Bertz CT molecular complexity index is 315. The molecule has 14 heavy (non-hydrogen) atoms. The molecule has 0 spiro atoms. The van der Waals surface area contributed by atoms with Crippen molar-refractivity contribution in [2.75, 3.05) is 18.0 Å². The average molecular weight is 210 g/mol. The number of para-hydroxylation sites is 1. The van der Waals surface area contributed by atoms with E-state index in [1.807, 2.05) is 24.3 Å². The number of rotatable bonds is 4. The van der Waals surface area contributed by atoms with Crippen molar-refractivity contribution in [2.24, 2.45) is 0 Å². The first kappa shape index (κ1) is 10.9. The third-order valence-electron chi connectivity index (χ3n) is 1.65. The summed E-state index contributed by atoms with van der Waals surface area (Å²) in [7, 11) is 0. The van der Waals surface area contributed by atoms with Gasteiger partial charge in [-0.1, -0.05) is 12.1 Å². The van der Waals surface area contributed by atoms with Crippen molar-refractivity contribution in [3.63, 3.8) is 0 Å². The van der Waals surface area contributed by atoms with Gasteiger partial charge in [-0.05, 0) is 12.1 Å². The van der Waals surface area contributed by atoms with Crippen LogP contribution in [0.2, 0.25) is 0 Å². The molecule has 0 saturated heterocycles. The predicted molar refractivity (Wildman–Crippen MR) is 60.3 cm³/mol. The minimum absolute atomic E-state index is 0.00614. The van der Waals surface area contributed by atoms with Gasteiger partial charge in [0.1, 0.15) is 0 Å². The van der Waals surface area contributed by atoms with Crippen molar-refractivity contribution in [2.45, 2.75) is 11.8 Å². The van der Waals surface area contributed by atoms with Crippen LogP contribution in [0.3, 0.4) is 0 Å². The molecule has 1 rings (SSSR count). The van der Waals surface area contributed by atoms with Crippen LogP contribution in [0.1, 0.15) is 6.92 Å². The lowest BCUT2D eigenvalue weighted by Gasteiger charge is -2.04. The zero-order valence-electron chi connectivity index (χ0n) is 8.12. The van der Waals surface area contributed by atoms with Gasteiger partial charge in [0, 0.05) is 29.8 Å². The summed E-state index contributed by atoms with van der Waals surface area (Å²) in [4.78, 5) is 11.6. The monoisotopic (exact) mass is 210 g/mol.